The maximum absolute atomic E-state index is 11.9. The molecule has 2 aromatic carbocycles. The second-order valence-electron chi connectivity index (χ2n) is 4.39. The molecule has 3 N–H and O–H groups in total. The van der Waals surface area contributed by atoms with Gasteiger partial charge >= 0.3 is 0 Å². The lowest BCUT2D eigenvalue weighted by atomic mass is 10.2. The Hall–Kier alpha value is -2.44. The molecule has 8 heteroatoms. The fourth-order valence-corrected chi connectivity index (χ4v) is 2.18. The van der Waals surface area contributed by atoms with E-state index in [2.05, 4.69) is 10.5 Å². The molecule has 0 aromatic heterocycles. The molecule has 0 atom stereocenters. The lowest BCUT2D eigenvalue weighted by Crippen LogP contribution is -2.17. The topological polar surface area (TPSA) is 91.2 Å². The second-order valence-corrected chi connectivity index (χ2v) is 5.18. The lowest BCUT2D eigenvalue weighted by Gasteiger charge is -2.06. The molecule has 0 saturated carbocycles. The predicted molar refractivity (Wildman–Crippen MR) is 87.8 cm³/mol. The Bertz CT molecular complexity index is 778. The number of methoxy groups -OCH3 is 1. The summed E-state index contributed by atoms with van der Waals surface area (Å²) in [6.07, 6.45) is 1.16. The van der Waals surface area contributed by atoms with Gasteiger partial charge in [-0.2, -0.15) is 5.10 Å². The third-order valence-corrected chi connectivity index (χ3v) is 3.55. The first-order valence-corrected chi connectivity index (χ1v) is 7.07. The average molecular weight is 355 g/mol. The second kappa shape index (κ2) is 7.21. The van der Waals surface area contributed by atoms with E-state index in [4.69, 9.17) is 27.9 Å². The highest BCUT2D eigenvalue weighted by Gasteiger charge is 2.13. The Morgan fingerprint density at radius 1 is 1.26 bits per heavy atom. The number of rotatable bonds is 4. The first kappa shape index (κ1) is 16.9. The van der Waals surface area contributed by atoms with Crippen LogP contribution in [0.15, 0.2) is 35.4 Å². The van der Waals surface area contributed by atoms with Gasteiger partial charge in [0.2, 0.25) is 0 Å². The lowest BCUT2D eigenvalue weighted by molar-refractivity contribution is 0.0954. The van der Waals surface area contributed by atoms with Gasteiger partial charge in [0.1, 0.15) is 16.5 Å². The number of hydrazone groups is 1. The first-order chi connectivity index (χ1) is 10.9. The van der Waals surface area contributed by atoms with Crippen molar-refractivity contribution < 1.29 is 19.7 Å². The van der Waals surface area contributed by atoms with Crippen LogP contribution in [0.1, 0.15) is 15.9 Å². The van der Waals surface area contributed by atoms with Crippen LogP contribution in [-0.4, -0.2) is 29.4 Å². The van der Waals surface area contributed by atoms with Crippen LogP contribution in [0.5, 0.6) is 17.2 Å². The van der Waals surface area contributed by atoms with E-state index in [9.17, 15) is 15.0 Å². The molecule has 2 rings (SSSR count). The fourth-order valence-electron chi connectivity index (χ4n) is 1.70. The number of halogens is 2. The molecule has 0 aliphatic rings. The third-order valence-electron chi connectivity index (χ3n) is 2.90. The minimum Gasteiger partial charge on any atom is -0.506 e. The molecule has 0 bridgehead atoms. The predicted octanol–water partition coefficient (Wildman–Crippen LogP) is 3.18. The highest BCUT2D eigenvalue weighted by Crippen LogP contribution is 2.40. The summed E-state index contributed by atoms with van der Waals surface area (Å²) in [6.45, 7) is 0. The number of ether oxygens (including phenoxy) is 1. The maximum atomic E-state index is 11.9. The molecule has 0 heterocycles. The number of hydrogen-bond donors (Lipinski definition) is 3. The van der Waals surface area contributed by atoms with E-state index in [0.717, 1.165) is 6.21 Å². The SMILES string of the molecule is COc1cccc(C(=O)N/N=C/c2cc(Cl)c(O)c(Cl)c2O)c1. The van der Waals surface area contributed by atoms with E-state index in [-0.39, 0.29) is 15.6 Å². The Morgan fingerprint density at radius 3 is 2.70 bits per heavy atom. The molecular weight excluding hydrogens is 343 g/mol. The first-order valence-electron chi connectivity index (χ1n) is 6.31. The van der Waals surface area contributed by atoms with Crippen molar-refractivity contribution in [2.24, 2.45) is 5.10 Å². The van der Waals surface area contributed by atoms with E-state index < -0.39 is 17.4 Å². The molecule has 2 aromatic rings. The van der Waals surface area contributed by atoms with E-state index in [0.29, 0.717) is 11.3 Å². The number of phenolic OH excluding ortho intramolecular Hbond substituents is 2. The minimum absolute atomic E-state index is 0.0478. The molecule has 6 nitrogen and oxygen atoms in total. The van der Waals surface area contributed by atoms with Crippen molar-refractivity contribution >= 4 is 35.3 Å². The number of carbonyl (C=O) groups excluding carboxylic acids is 1. The summed E-state index contributed by atoms with van der Waals surface area (Å²) in [5, 5.41) is 22.6. The van der Waals surface area contributed by atoms with Gasteiger partial charge in [-0.1, -0.05) is 29.3 Å². The molecule has 120 valence electrons. The van der Waals surface area contributed by atoms with Crippen molar-refractivity contribution in [2.45, 2.75) is 0 Å². The Morgan fingerprint density at radius 2 is 2.00 bits per heavy atom. The molecule has 1 amide bonds. The Labute approximate surface area is 141 Å². The summed E-state index contributed by atoms with van der Waals surface area (Å²) in [6, 6.07) is 7.79. The molecule has 0 saturated heterocycles. The van der Waals surface area contributed by atoms with E-state index in [1.165, 1.54) is 13.2 Å². The molecule has 23 heavy (non-hydrogen) atoms. The van der Waals surface area contributed by atoms with Gasteiger partial charge in [-0.25, -0.2) is 5.43 Å². The highest BCUT2D eigenvalue weighted by atomic mass is 35.5. The Kier molecular flexibility index (Phi) is 5.31. The number of benzene rings is 2. The van der Waals surface area contributed by atoms with Gasteiger partial charge in [-0.15, -0.1) is 0 Å². The molecule has 0 aliphatic heterocycles. The summed E-state index contributed by atoms with van der Waals surface area (Å²) in [4.78, 5) is 11.9. The van der Waals surface area contributed by atoms with E-state index >= 15 is 0 Å². The van der Waals surface area contributed by atoms with Crippen molar-refractivity contribution in [1.29, 1.82) is 0 Å². The van der Waals surface area contributed by atoms with Crippen LogP contribution in [0.2, 0.25) is 10.0 Å². The van der Waals surface area contributed by atoms with Crippen LogP contribution >= 0.6 is 23.2 Å². The zero-order valence-corrected chi connectivity index (χ0v) is 13.4. The number of carbonyl (C=O) groups is 1. The number of aromatic hydroxyl groups is 2. The standard InChI is InChI=1S/C15H12Cl2N2O4/c1-23-10-4-2-3-8(5-10)15(22)19-18-7-9-6-11(16)14(21)12(17)13(9)20/h2-7,20-21H,1H3,(H,19,22)/b18-7+. The molecular formula is C15H12Cl2N2O4. The van der Waals surface area contributed by atoms with Gasteiger partial charge in [0.25, 0.3) is 5.91 Å². The van der Waals surface area contributed by atoms with Crippen LogP contribution < -0.4 is 10.2 Å². The van der Waals surface area contributed by atoms with Crippen molar-refractivity contribution in [3.8, 4) is 17.2 Å². The summed E-state index contributed by atoms with van der Waals surface area (Å²) in [5.41, 5.74) is 2.79. The van der Waals surface area contributed by atoms with Gasteiger partial charge in [-0.3, -0.25) is 4.79 Å². The van der Waals surface area contributed by atoms with Crippen molar-refractivity contribution in [1.82, 2.24) is 5.43 Å². The van der Waals surface area contributed by atoms with Crippen LogP contribution in [0, 0.1) is 0 Å². The Balaban J connectivity index is 2.14. The van der Waals surface area contributed by atoms with Crippen molar-refractivity contribution in [2.75, 3.05) is 7.11 Å². The van der Waals surface area contributed by atoms with Crippen molar-refractivity contribution in [3.63, 3.8) is 0 Å². The fraction of sp³-hybridized carbons (Fsp3) is 0.0667. The van der Waals surface area contributed by atoms with Gasteiger partial charge in [0.15, 0.2) is 5.75 Å². The monoisotopic (exact) mass is 354 g/mol. The summed E-state index contributed by atoms with van der Waals surface area (Å²) < 4.78 is 5.03. The number of nitrogens with one attached hydrogen (secondary N) is 1. The number of amides is 1. The summed E-state index contributed by atoms with van der Waals surface area (Å²) in [5.74, 6) is -0.747. The number of nitrogens with zero attached hydrogens (tertiary/aromatic N) is 1. The van der Waals surface area contributed by atoms with E-state index in [1.807, 2.05) is 0 Å². The smallest absolute Gasteiger partial charge is 0.271 e. The van der Waals surface area contributed by atoms with Gasteiger partial charge < -0.3 is 14.9 Å². The quantitative estimate of drug-likeness (QED) is 0.580. The zero-order chi connectivity index (χ0) is 17.0. The molecule has 0 fully saturated rings. The largest absolute Gasteiger partial charge is 0.506 e. The molecule has 0 unspecified atom stereocenters. The van der Waals surface area contributed by atoms with Crippen LogP contribution in [0.3, 0.4) is 0 Å². The number of hydrogen-bond acceptors (Lipinski definition) is 5. The van der Waals surface area contributed by atoms with Gasteiger partial charge in [-0.05, 0) is 24.3 Å². The van der Waals surface area contributed by atoms with Crippen LogP contribution in [0.4, 0.5) is 0 Å². The summed E-state index contributed by atoms with van der Waals surface area (Å²) >= 11 is 11.5. The number of phenols is 2. The highest BCUT2D eigenvalue weighted by molar-refractivity contribution is 6.38. The van der Waals surface area contributed by atoms with Gasteiger partial charge in [0, 0.05) is 11.1 Å². The van der Waals surface area contributed by atoms with Crippen LogP contribution in [-0.2, 0) is 0 Å². The molecule has 0 radical (unpaired) electrons. The zero-order valence-electron chi connectivity index (χ0n) is 11.9. The summed E-state index contributed by atoms with van der Waals surface area (Å²) in [7, 11) is 1.50. The van der Waals surface area contributed by atoms with E-state index in [1.54, 1.807) is 24.3 Å². The van der Waals surface area contributed by atoms with Crippen molar-refractivity contribution in [3.05, 3.63) is 51.5 Å². The average Bonchev–Trinajstić information content (AvgIpc) is 2.57. The maximum Gasteiger partial charge on any atom is 0.271 e. The molecule has 0 spiro atoms. The normalized spacial score (nSPS) is 10.7. The minimum atomic E-state index is -0.462. The molecule has 0 aliphatic carbocycles. The van der Waals surface area contributed by atoms with Crippen LogP contribution in [0.25, 0.3) is 0 Å². The third kappa shape index (κ3) is 3.85. The van der Waals surface area contributed by atoms with Gasteiger partial charge in [0.05, 0.1) is 18.3 Å².